The molecule has 2 saturated carbocycles. The van der Waals surface area contributed by atoms with E-state index in [0.29, 0.717) is 49.8 Å². The quantitative estimate of drug-likeness (QED) is 0.515. The summed E-state index contributed by atoms with van der Waals surface area (Å²) in [6.07, 6.45) is 7.18. The SMILES string of the molecule is C(COC1CCC2OC12)OC1CCC2OC12. The maximum Gasteiger partial charge on any atom is 0.110 e. The van der Waals surface area contributed by atoms with E-state index in [1.165, 1.54) is 12.8 Å². The molecule has 2 aliphatic heterocycles. The van der Waals surface area contributed by atoms with E-state index < -0.39 is 0 Å². The van der Waals surface area contributed by atoms with Crippen LogP contribution in [0.2, 0.25) is 0 Å². The van der Waals surface area contributed by atoms with Crippen molar-refractivity contribution in [2.45, 2.75) is 62.3 Å². The van der Waals surface area contributed by atoms with Crippen LogP contribution in [-0.2, 0) is 18.9 Å². The fourth-order valence-corrected chi connectivity index (χ4v) is 3.17. The van der Waals surface area contributed by atoms with E-state index in [-0.39, 0.29) is 0 Å². The van der Waals surface area contributed by atoms with Crippen molar-refractivity contribution in [1.82, 2.24) is 0 Å². The Labute approximate surface area is 95.2 Å². The third-order valence-electron chi connectivity index (χ3n) is 4.19. The molecule has 4 heteroatoms. The zero-order valence-electron chi connectivity index (χ0n) is 9.34. The highest BCUT2D eigenvalue weighted by molar-refractivity contribution is 4.99. The summed E-state index contributed by atoms with van der Waals surface area (Å²) in [6.45, 7) is 1.40. The van der Waals surface area contributed by atoms with Crippen molar-refractivity contribution in [3.63, 3.8) is 0 Å². The van der Waals surface area contributed by atoms with Crippen molar-refractivity contribution in [3.05, 3.63) is 0 Å². The second-order valence-electron chi connectivity index (χ2n) is 5.25. The van der Waals surface area contributed by atoms with Gasteiger partial charge in [-0.05, 0) is 25.7 Å². The van der Waals surface area contributed by atoms with Crippen LogP contribution in [0.1, 0.15) is 25.7 Å². The average Bonchev–Trinajstić information content (AvgIpc) is 3.18. The van der Waals surface area contributed by atoms with E-state index in [1.807, 2.05) is 0 Å². The Morgan fingerprint density at radius 3 is 1.56 bits per heavy atom. The van der Waals surface area contributed by atoms with Crippen LogP contribution in [0.4, 0.5) is 0 Å². The molecule has 0 radical (unpaired) electrons. The Hall–Kier alpha value is -0.160. The number of fused-ring (bicyclic) bond motifs is 2. The lowest BCUT2D eigenvalue weighted by molar-refractivity contribution is -0.0390. The first-order chi connectivity index (χ1) is 7.92. The van der Waals surface area contributed by atoms with Gasteiger partial charge in [0.25, 0.3) is 0 Å². The number of epoxide rings is 2. The van der Waals surface area contributed by atoms with Crippen LogP contribution >= 0.6 is 0 Å². The molecule has 0 aromatic carbocycles. The first-order valence-corrected chi connectivity index (χ1v) is 6.46. The molecule has 2 saturated heterocycles. The van der Waals surface area contributed by atoms with E-state index in [0.717, 1.165) is 12.8 Å². The minimum absolute atomic E-state index is 0.335. The lowest BCUT2D eigenvalue weighted by atomic mass is 10.3. The molecule has 6 atom stereocenters. The summed E-state index contributed by atoms with van der Waals surface area (Å²) in [7, 11) is 0. The van der Waals surface area contributed by atoms with E-state index in [2.05, 4.69) is 0 Å². The monoisotopic (exact) mass is 226 g/mol. The van der Waals surface area contributed by atoms with Crippen LogP contribution in [-0.4, -0.2) is 49.8 Å². The highest BCUT2D eigenvalue weighted by Gasteiger charge is 2.52. The van der Waals surface area contributed by atoms with Gasteiger partial charge in [0.05, 0.1) is 37.6 Å². The largest absolute Gasteiger partial charge is 0.373 e. The first kappa shape index (κ1) is 9.83. The molecule has 0 aromatic heterocycles. The molecule has 6 unspecified atom stereocenters. The lowest BCUT2D eigenvalue weighted by Gasteiger charge is -2.15. The van der Waals surface area contributed by atoms with Gasteiger partial charge in [0.1, 0.15) is 12.2 Å². The minimum Gasteiger partial charge on any atom is -0.373 e. The van der Waals surface area contributed by atoms with Crippen LogP contribution in [0.25, 0.3) is 0 Å². The second kappa shape index (κ2) is 3.67. The van der Waals surface area contributed by atoms with Crippen molar-refractivity contribution in [2.75, 3.05) is 13.2 Å². The zero-order valence-corrected chi connectivity index (χ0v) is 9.34. The van der Waals surface area contributed by atoms with Crippen molar-refractivity contribution in [2.24, 2.45) is 0 Å². The maximum atomic E-state index is 5.77. The van der Waals surface area contributed by atoms with Crippen LogP contribution < -0.4 is 0 Å². The topological polar surface area (TPSA) is 43.5 Å². The third kappa shape index (κ3) is 1.68. The number of hydrogen-bond donors (Lipinski definition) is 0. The van der Waals surface area contributed by atoms with E-state index in [1.54, 1.807) is 0 Å². The van der Waals surface area contributed by atoms with E-state index in [4.69, 9.17) is 18.9 Å². The molecular formula is C12H18O4. The summed E-state index contributed by atoms with van der Waals surface area (Å²) in [5, 5.41) is 0. The molecule has 0 bridgehead atoms. The number of hydrogen-bond acceptors (Lipinski definition) is 4. The summed E-state index contributed by atoms with van der Waals surface area (Å²) in [5.74, 6) is 0. The molecule has 0 N–H and O–H groups in total. The van der Waals surface area contributed by atoms with Gasteiger partial charge in [-0.15, -0.1) is 0 Å². The Balaban J connectivity index is 1.14. The van der Waals surface area contributed by atoms with Crippen LogP contribution in [0.3, 0.4) is 0 Å². The molecule has 16 heavy (non-hydrogen) atoms. The summed E-state index contributed by atoms with van der Waals surface area (Å²) >= 11 is 0. The van der Waals surface area contributed by atoms with Gasteiger partial charge in [-0.3, -0.25) is 0 Å². The molecule has 0 spiro atoms. The van der Waals surface area contributed by atoms with Crippen molar-refractivity contribution >= 4 is 0 Å². The molecule has 4 nitrogen and oxygen atoms in total. The smallest absolute Gasteiger partial charge is 0.110 e. The highest BCUT2D eigenvalue weighted by Crippen LogP contribution is 2.41. The first-order valence-electron chi connectivity index (χ1n) is 6.46. The predicted molar refractivity (Wildman–Crippen MR) is 55.3 cm³/mol. The van der Waals surface area contributed by atoms with E-state index in [9.17, 15) is 0 Å². The molecule has 4 aliphatic rings. The van der Waals surface area contributed by atoms with Gasteiger partial charge < -0.3 is 18.9 Å². The summed E-state index contributed by atoms with van der Waals surface area (Å²) in [4.78, 5) is 0. The molecule has 4 fully saturated rings. The van der Waals surface area contributed by atoms with Gasteiger partial charge in [-0.1, -0.05) is 0 Å². The van der Waals surface area contributed by atoms with Gasteiger partial charge in [0.15, 0.2) is 0 Å². The van der Waals surface area contributed by atoms with Gasteiger partial charge in [0.2, 0.25) is 0 Å². The third-order valence-corrected chi connectivity index (χ3v) is 4.19. The highest BCUT2D eigenvalue weighted by atomic mass is 16.6. The van der Waals surface area contributed by atoms with Crippen LogP contribution in [0.15, 0.2) is 0 Å². The predicted octanol–water partition coefficient (Wildman–Crippen LogP) is 0.879. The molecule has 2 heterocycles. The van der Waals surface area contributed by atoms with Crippen LogP contribution in [0.5, 0.6) is 0 Å². The standard InChI is InChI=1S/C12H18O4/c1-3-9-11(15-9)7(1)13-5-6-14-8-2-4-10-12(8)16-10/h7-12H,1-6H2. The van der Waals surface area contributed by atoms with Gasteiger partial charge in [-0.2, -0.15) is 0 Å². The van der Waals surface area contributed by atoms with Crippen molar-refractivity contribution in [3.8, 4) is 0 Å². The van der Waals surface area contributed by atoms with Crippen molar-refractivity contribution in [1.29, 1.82) is 0 Å². The normalized spacial score (nSPS) is 52.5. The molecular weight excluding hydrogens is 208 g/mol. The number of rotatable bonds is 5. The van der Waals surface area contributed by atoms with Crippen molar-refractivity contribution < 1.29 is 18.9 Å². The Morgan fingerprint density at radius 1 is 0.750 bits per heavy atom. The molecule has 2 aliphatic carbocycles. The number of ether oxygens (including phenoxy) is 4. The Bertz CT molecular complexity index is 254. The average molecular weight is 226 g/mol. The molecule has 90 valence electrons. The molecule has 0 aromatic rings. The van der Waals surface area contributed by atoms with Gasteiger partial charge in [-0.25, -0.2) is 0 Å². The summed E-state index contributed by atoms with van der Waals surface area (Å²) in [6, 6.07) is 0. The summed E-state index contributed by atoms with van der Waals surface area (Å²) in [5.41, 5.74) is 0. The fourth-order valence-electron chi connectivity index (χ4n) is 3.17. The molecule has 4 rings (SSSR count). The lowest BCUT2D eigenvalue weighted by Crippen LogP contribution is -2.23. The minimum atomic E-state index is 0.335. The zero-order chi connectivity index (χ0) is 10.5. The molecule has 0 amide bonds. The fraction of sp³-hybridized carbons (Fsp3) is 1.00. The van der Waals surface area contributed by atoms with Gasteiger partial charge >= 0.3 is 0 Å². The van der Waals surface area contributed by atoms with Crippen LogP contribution in [0, 0.1) is 0 Å². The second-order valence-corrected chi connectivity index (χ2v) is 5.25. The van der Waals surface area contributed by atoms with Gasteiger partial charge in [0, 0.05) is 0 Å². The summed E-state index contributed by atoms with van der Waals surface area (Å²) < 4.78 is 22.4. The Kier molecular flexibility index (Phi) is 2.25. The van der Waals surface area contributed by atoms with E-state index >= 15 is 0 Å². The Morgan fingerprint density at radius 2 is 1.25 bits per heavy atom. The maximum absolute atomic E-state index is 5.77.